The van der Waals surface area contributed by atoms with E-state index in [4.69, 9.17) is 48.8 Å². The van der Waals surface area contributed by atoms with Crippen molar-refractivity contribution in [2.45, 2.75) is 166 Å². The standard InChI is InChI=1S/C36H61NO12.C4H6O6/c1-20-17-24(15-16-38)32(33(44-9)26(40)18-27(41)45-21(2)13-11-10-12-14-25(20)39)49-35-30(42)29(37(7)8)31(22(3)47-35)48-28-19-36(5,6)34(43)23(4)46-28;5-1(3(7)8)2(6)4(9)10/h10-12,14,16,20-26,28-35,39-40,42-43H,13,15,17-19H2,1-9H3;1-2,5-6H,(H,7,8)(H,9,10)/b11-10+,14-12+;/t20-,21-,22-,23-,24?,25+,26-,28-,29-,30-,31-,32+,33?,34-,35+;/m1./s1. The Kier molecular flexibility index (Phi) is 21.2. The van der Waals surface area contributed by atoms with Gasteiger partial charge in [-0.3, -0.25) is 4.79 Å². The van der Waals surface area contributed by atoms with E-state index in [1.807, 2.05) is 31.7 Å². The second kappa shape index (κ2) is 23.9. The zero-order chi connectivity index (χ0) is 44.9. The minimum absolute atomic E-state index is 0.0144. The summed E-state index contributed by atoms with van der Waals surface area (Å²) in [7, 11) is 4.98. The van der Waals surface area contributed by atoms with Crippen molar-refractivity contribution in [3.05, 3.63) is 24.3 Å². The first-order valence-electron chi connectivity index (χ1n) is 19.8. The first-order chi connectivity index (χ1) is 27.5. The van der Waals surface area contributed by atoms with Crippen molar-refractivity contribution in [2.75, 3.05) is 21.2 Å². The van der Waals surface area contributed by atoms with Gasteiger partial charge < -0.3 is 79.0 Å². The summed E-state index contributed by atoms with van der Waals surface area (Å²) < 4.78 is 36.6. The number of ether oxygens (including phenoxy) is 6. The van der Waals surface area contributed by atoms with Gasteiger partial charge in [0, 0.05) is 26.4 Å². The van der Waals surface area contributed by atoms with Gasteiger partial charge in [0.1, 0.15) is 30.7 Å². The molecule has 19 nitrogen and oxygen atoms in total. The zero-order valence-corrected chi connectivity index (χ0v) is 35.3. The number of cyclic esters (lactones) is 1. The minimum Gasteiger partial charge on any atom is -0.479 e. The lowest BCUT2D eigenvalue weighted by molar-refractivity contribution is -0.340. The van der Waals surface area contributed by atoms with Crippen LogP contribution in [0.5, 0.6) is 0 Å². The lowest BCUT2D eigenvalue weighted by Crippen LogP contribution is -2.65. The van der Waals surface area contributed by atoms with E-state index in [0.29, 0.717) is 12.8 Å². The molecule has 0 aliphatic carbocycles. The van der Waals surface area contributed by atoms with Gasteiger partial charge in [-0.25, -0.2) is 9.59 Å². The number of nitrogens with zero attached hydrogens (tertiary/aromatic N) is 1. The number of carboxylic acid groups (broad SMARTS) is 2. The number of esters is 1. The Bertz CT molecular complexity index is 1370. The van der Waals surface area contributed by atoms with Crippen molar-refractivity contribution < 1.29 is 88.5 Å². The number of hydrogen-bond donors (Lipinski definition) is 8. The van der Waals surface area contributed by atoms with E-state index in [-0.39, 0.29) is 18.8 Å². The van der Waals surface area contributed by atoms with E-state index in [1.165, 1.54) is 7.11 Å². The second-order valence-corrected chi connectivity index (χ2v) is 16.5. The van der Waals surface area contributed by atoms with Crippen molar-refractivity contribution >= 4 is 24.2 Å². The fourth-order valence-corrected chi connectivity index (χ4v) is 7.53. The predicted molar refractivity (Wildman–Crippen MR) is 207 cm³/mol. The number of aliphatic hydroxyl groups is 6. The molecule has 59 heavy (non-hydrogen) atoms. The maximum Gasteiger partial charge on any atom is 0.335 e. The van der Waals surface area contributed by atoms with Crippen LogP contribution in [0.15, 0.2) is 24.3 Å². The molecule has 0 saturated carbocycles. The van der Waals surface area contributed by atoms with Crippen LogP contribution < -0.4 is 0 Å². The summed E-state index contributed by atoms with van der Waals surface area (Å²) in [5, 5.41) is 77.3. The molecule has 4 unspecified atom stereocenters. The Labute approximate surface area is 345 Å². The molecule has 0 amide bonds. The Morgan fingerprint density at radius 3 is 2.07 bits per heavy atom. The third-order valence-corrected chi connectivity index (χ3v) is 10.9. The van der Waals surface area contributed by atoms with Gasteiger partial charge in [0.25, 0.3) is 0 Å². The van der Waals surface area contributed by atoms with Crippen LogP contribution >= 0.6 is 0 Å². The van der Waals surface area contributed by atoms with Crippen LogP contribution in [0, 0.1) is 17.3 Å². The second-order valence-electron chi connectivity index (χ2n) is 16.5. The molecule has 19 heteroatoms. The summed E-state index contributed by atoms with van der Waals surface area (Å²) in [5.41, 5.74) is -0.464. The molecule has 0 aromatic heterocycles. The molecule has 0 aromatic rings. The monoisotopic (exact) mass is 849 g/mol. The van der Waals surface area contributed by atoms with Crippen LogP contribution in [0.3, 0.4) is 0 Å². The molecule has 3 heterocycles. The van der Waals surface area contributed by atoms with Crippen molar-refractivity contribution in [3.63, 3.8) is 0 Å². The summed E-state index contributed by atoms with van der Waals surface area (Å²) in [6.07, 6.45) is -6.57. The van der Waals surface area contributed by atoms with E-state index in [0.717, 1.165) is 6.29 Å². The highest BCUT2D eigenvalue weighted by molar-refractivity contribution is 5.83. The van der Waals surface area contributed by atoms with Gasteiger partial charge >= 0.3 is 17.9 Å². The number of aliphatic hydroxyl groups excluding tert-OH is 6. The average Bonchev–Trinajstić information content (AvgIpc) is 3.13. The minimum atomic E-state index is -2.27. The number of aldehydes is 1. The van der Waals surface area contributed by atoms with Crippen LogP contribution in [-0.2, 0) is 47.6 Å². The van der Waals surface area contributed by atoms with Crippen LogP contribution in [-0.4, -0.2) is 183 Å². The summed E-state index contributed by atoms with van der Waals surface area (Å²) in [4.78, 5) is 46.2. The molecule has 3 aliphatic rings. The fourth-order valence-electron chi connectivity index (χ4n) is 7.53. The maximum atomic E-state index is 12.8. The molecule has 3 aliphatic heterocycles. The van der Waals surface area contributed by atoms with Gasteiger partial charge in [0.15, 0.2) is 24.8 Å². The van der Waals surface area contributed by atoms with Crippen LogP contribution in [0.25, 0.3) is 0 Å². The maximum absolute atomic E-state index is 12.8. The average molecular weight is 850 g/mol. The van der Waals surface area contributed by atoms with Gasteiger partial charge in [0.2, 0.25) is 0 Å². The predicted octanol–water partition coefficient (Wildman–Crippen LogP) is -0.00180. The molecule has 0 spiro atoms. The molecule has 2 fully saturated rings. The number of aliphatic carboxylic acids is 2. The quantitative estimate of drug-likeness (QED) is 0.100. The van der Waals surface area contributed by atoms with Gasteiger partial charge in [-0.2, -0.15) is 0 Å². The van der Waals surface area contributed by atoms with Crippen molar-refractivity contribution in [1.82, 2.24) is 4.90 Å². The third-order valence-electron chi connectivity index (χ3n) is 10.9. The van der Waals surface area contributed by atoms with E-state index < -0.39 is 128 Å². The number of rotatable bonds is 11. The molecule has 8 N–H and O–H groups in total. The summed E-state index contributed by atoms with van der Waals surface area (Å²) in [6.45, 7) is 11.1. The van der Waals surface area contributed by atoms with Crippen LogP contribution in [0.1, 0.15) is 73.6 Å². The molecule has 340 valence electrons. The Balaban J connectivity index is 0.00000106. The lowest BCUT2D eigenvalue weighted by atomic mass is 9.78. The fraction of sp³-hybridized carbons (Fsp3) is 0.800. The normalized spacial score (nSPS) is 39.4. The van der Waals surface area contributed by atoms with Crippen LogP contribution in [0.4, 0.5) is 0 Å². The first-order valence-corrected chi connectivity index (χ1v) is 19.8. The van der Waals surface area contributed by atoms with E-state index >= 15 is 0 Å². The Hall–Kier alpha value is -2.92. The highest BCUT2D eigenvalue weighted by Crippen LogP contribution is 2.39. The number of carboxylic acids is 2. The Morgan fingerprint density at radius 1 is 0.932 bits per heavy atom. The SMILES string of the molecule is COC1[C@@H](O[C@@H]2O[C@H](C)[C@@H](O[C@@H]3CC(C)(C)[C@H](O)[C@@H](C)O3)[C@H](N(C)C)[C@H]2O)C(CC=O)C[C@@H](C)[C@@H](O)/C=C/C=C/C[C@@H](C)OC(=O)C[C@H]1O.O=C(O)C(O)C(O)C(=O)O. The topological polar surface area (TPSA) is 289 Å². The number of likely N-dealkylation sites (N-methyl/N-ethyl adjacent to an activating group) is 1. The van der Waals surface area contributed by atoms with E-state index in [1.54, 1.807) is 53.1 Å². The van der Waals surface area contributed by atoms with Crippen LogP contribution in [0.2, 0.25) is 0 Å². The van der Waals surface area contributed by atoms with Crippen molar-refractivity contribution in [1.29, 1.82) is 0 Å². The summed E-state index contributed by atoms with van der Waals surface area (Å²) in [6, 6.07) is -0.639. The Morgan fingerprint density at radius 2 is 1.54 bits per heavy atom. The first kappa shape index (κ1) is 52.2. The van der Waals surface area contributed by atoms with Crippen molar-refractivity contribution in [2.24, 2.45) is 17.3 Å². The van der Waals surface area contributed by atoms with Gasteiger partial charge in [-0.05, 0) is 58.5 Å². The molecule has 0 aromatic carbocycles. The van der Waals surface area contributed by atoms with Gasteiger partial charge in [0.05, 0.1) is 49.1 Å². The number of methoxy groups -OCH3 is 1. The molecule has 3 rings (SSSR count). The molecular weight excluding hydrogens is 782 g/mol. The molecule has 17 atom stereocenters. The molecule has 2 saturated heterocycles. The molecular formula is C40H67NO18. The molecule has 0 bridgehead atoms. The zero-order valence-electron chi connectivity index (χ0n) is 35.3. The smallest absolute Gasteiger partial charge is 0.335 e. The highest BCUT2D eigenvalue weighted by Gasteiger charge is 2.51. The van der Waals surface area contributed by atoms with E-state index in [2.05, 4.69) is 0 Å². The number of carbonyl (C=O) groups is 4. The molecule has 0 radical (unpaired) electrons. The highest BCUT2D eigenvalue weighted by atomic mass is 16.7. The largest absolute Gasteiger partial charge is 0.479 e. The number of carbonyl (C=O) groups excluding carboxylic acids is 2. The number of allylic oxidation sites excluding steroid dienone is 2. The lowest BCUT2D eigenvalue weighted by Gasteiger charge is -2.50. The third kappa shape index (κ3) is 15.2. The van der Waals surface area contributed by atoms with Gasteiger partial charge in [-0.1, -0.05) is 45.1 Å². The van der Waals surface area contributed by atoms with Gasteiger partial charge in [-0.15, -0.1) is 0 Å². The van der Waals surface area contributed by atoms with E-state index in [9.17, 15) is 39.6 Å². The summed E-state index contributed by atoms with van der Waals surface area (Å²) in [5.74, 6) is -5.11. The summed E-state index contributed by atoms with van der Waals surface area (Å²) >= 11 is 0. The number of hydrogen-bond acceptors (Lipinski definition) is 17. The van der Waals surface area contributed by atoms with Crippen molar-refractivity contribution in [3.8, 4) is 0 Å².